The van der Waals surface area contributed by atoms with Crippen LogP contribution in [0.2, 0.25) is 0 Å². The van der Waals surface area contributed by atoms with Crippen LogP contribution >= 0.6 is 0 Å². The van der Waals surface area contributed by atoms with E-state index in [1.54, 1.807) is 55.5 Å². The van der Waals surface area contributed by atoms with Gasteiger partial charge in [-0.15, -0.1) is 0 Å². The van der Waals surface area contributed by atoms with Crippen LogP contribution in [0.25, 0.3) is 0 Å². The minimum atomic E-state index is -1.21. The number of carbonyl (C=O) groups is 2. The third-order valence-electron chi connectivity index (χ3n) is 4.03. The van der Waals surface area contributed by atoms with Gasteiger partial charge in [-0.3, -0.25) is 9.59 Å². The van der Waals surface area contributed by atoms with Gasteiger partial charge in [0.15, 0.2) is 6.61 Å². The summed E-state index contributed by atoms with van der Waals surface area (Å²) < 4.78 is 10.8. The van der Waals surface area contributed by atoms with Crippen molar-refractivity contribution >= 4 is 11.9 Å². The predicted octanol–water partition coefficient (Wildman–Crippen LogP) is 2.62. The number of nitrogens with one attached hydrogen (secondary N) is 1. The van der Waals surface area contributed by atoms with E-state index >= 15 is 0 Å². The van der Waals surface area contributed by atoms with E-state index in [9.17, 15) is 14.7 Å². The molecular weight excluding hydrogens is 334 g/mol. The summed E-state index contributed by atoms with van der Waals surface area (Å²) in [6.45, 7) is 3.83. The smallest absolute Gasteiger partial charge is 0.315 e. The Bertz CT molecular complexity index is 730. The molecule has 6 nitrogen and oxygen atoms in total. The van der Waals surface area contributed by atoms with Gasteiger partial charge in [0.05, 0.1) is 6.61 Å². The van der Waals surface area contributed by atoms with Crippen LogP contribution in [0, 0.1) is 0 Å². The minimum absolute atomic E-state index is 0.0299. The van der Waals surface area contributed by atoms with E-state index in [1.165, 1.54) is 0 Å². The van der Waals surface area contributed by atoms with Gasteiger partial charge in [-0.25, -0.2) is 0 Å². The highest BCUT2D eigenvalue weighted by Crippen LogP contribution is 2.23. The zero-order valence-electron chi connectivity index (χ0n) is 14.9. The van der Waals surface area contributed by atoms with Crippen molar-refractivity contribution in [2.75, 3.05) is 19.8 Å². The van der Waals surface area contributed by atoms with E-state index in [-0.39, 0.29) is 19.1 Å². The molecule has 0 saturated heterocycles. The fourth-order valence-corrected chi connectivity index (χ4v) is 2.38. The number of ether oxygens (including phenoxy) is 2. The summed E-state index contributed by atoms with van der Waals surface area (Å²) in [5.41, 5.74) is -0.587. The van der Waals surface area contributed by atoms with Gasteiger partial charge in [-0.2, -0.15) is 0 Å². The molecule has 6 heteroatoms. The van der Waals surface area contributed by atoms with Crippen molar-refractivity contribution in [2.45, 2.75) is 19.3 Å². The summed E-state index contributed by atoms with van der Waals surface area (Å²) >= 11 is 0. The number of rotatable bonds is 9. The largest absolute Gasteiger partial charge is 0.494 e. The number of amides is 1. The number of benzene rings is 2. The molecule has 2 rings (SSSR count). The van der Waals surface area contributed by atoms with E-state index in [1.807, 2.05) is 13.0 Å². The molecule has 0 radical (unpaired) electrons. The van der Waals surface area contributed by atoms with Crippen molar-refractivity contribution < 1.29 is 24.2 Å². The number of carboxylic acid groups (broad SMARTS) is 1. The molecule has 0 aliphatic heterocycles. The molecule has 0 aromatic heterocycles. The maximum absolute atomic E-state index is 12.0. The maximum atomic E-state index is 12.0. The lowest BCUT2D eigenvalue weighted by atomic mass is 9.82. The molecule has 0 spiro atoms. The van der Waals surface area contributed by atoms with E-state index in [0.29, 0.717) is 17.9 Å². The van der Waals surface area contributed by atoms with E-state index in [4.69, 9.17) is 9.47 Å². The van der Waals surface area contributed by atoms with Crippen LogP contribution in [0.1, 0.15) is 19.4 Å². The van der Waals surface area contributed by atoms with Gasteiger partial charge in [-0.05, 0) is 43.7 Å². The second kappa shape index (κ2) is 8.89. The molecule has 2 N–H and O–H groups in total. The second-order valence-corrected chi connectivity index (χ2v) is 5.97. The van der Waals surface area contributed by atoms with Crippen molar-refractivity contribution in [1.82, 2.24) is 5.32 Å². The fourth-order valence-electron chi connectivity index (χ4n) is 2.38. The molecule has 0 bridgehead atoms. The van der Waals surface area contributed by atoms with Crippen LogP contribution in [0.5, 0.6) is 11.5 Å². The Morgan fingerprint density at radius 3 is 2.12 bits per heavy atom. The van der Waals surface area contributed by atoms with Crippen molar-refractivity contribution in [3.8, 4) is 11.5 Å². The number of hydrogen-bond donors (Lipinski definition) is 2. The van der Waals surface area contributed by atoms with Gasteiger partial charge in [-0.1, -0.05) is 30.3 Å². The van der Waals surface area contributed by atoms with Gasteiger partial charge in [0, 0.05) is 6.54 Å². The monoisotopic (exact) mass is 357 g/mol. The topological polar surface area (TPSA) is 84.9 Å². The van der Waals surface area contributed by atoms with Crippen LogP contribution in [-0.4, -0.2) is 36.7 Å². The molecule has 0 heterocycles. The van der Waals surface area contributed by atoms with Gasteiger partial charge in [0.25, 0.3) is 5.91 Å². The van der Waals surface area contributed by atoms with Crippen molar-refractivity contribution in [3.63, 3.8) is 0 Å². The first-order valence-electron chi connectivity index (χ1n) is 8.37. The van der Waals surface area contributed by atoms with Crippen LogP contribution < -0.4 is 14.8 Å². The minimum Gasteiger partial charge on any atom is -0.494 e. The molecule has 0 fully saturated rings. The first-order chi connectivity index (χ1) is 12.5. The molecule has 0 saturated carbocycles. The molecule has 0 aliphatic rings. The zero-order valence-corrected chi connectivity index (χ0v) is 14.9. The fraction of sp³-hybridized carbons (Fsp3) is 0.300. The standard InChI is InChI=1S/C20H23NO5/c1-3-25-16-9-11-17(12-10-16)26-13-18(22)21-14-20(2,19(23)24)15-7-5-4-6-8-15/h4-12H,3,13-14H2,1-2H3,(H,21,22)(H,23,24). The lowest BCUT2D eigenvalue weighted by Gasteiger charge is -2.25. The second-order valence-electron chi connectivity index (χ2n) is 5.97. The Morgan fingerprint density at radius 2 is 1.58 bits per heavy atom. The normalized spacial score (nSPS) is 12.7. The van der Waals surface area contributed by atoms with Gasteiger partial charge in [0.2, 0.25) is 0 Å². The maximum Gasteiger partial charge on any atom is 0.315 e. The summed E-state index contributed by atoms with van der Waals surface area (Å²) in [6, 6.07) is 15.8. The summed E-state index contributed by atoms with van der Waals surface area (Å²) in [6.07, 6.45) is 0. The van der Waals surface area contributed by atoms with E-state index < -0.39 is 11.4 Å². The van der Waals surface area contributed by atoms with Gasteiger partial charge < -0.3 is 19.9 Å². The summed E-state index contributed by atoms with van der Waals surface area (Å²) in [7, 11) is 0. The number of aliphatic carboxylic acids is 1. The summed E-state index contributed by atoms with van der Waals surface area (Å²) in [4.78, 5) is 23.7. The molecule has 26 heavy (non-hydrogen) atoms. The predicted molar refractivity (Wildman–Crippen MR) is 97.5 cm³/mol. The van der Waals surface area contributed by atoms with Crippen LogP contribution in [-0.2, 0) is 15.0 Å². The Hall–Kier alpha value is -3.02. The highest BCUT2D eigenvalue weighted by Gasteiger charge is 2.35. The highest BCUT2D eigenvalue weighted by atomic mass is 16.5. The molecule has 2 aromatic rings. The summed E-state index contributed by atoms with van der Waals surface area (Å²) in [5.74, 6) is -0.129. The highest BCUT2D eigenvalue weighted by molar-refractivity contribution is 5.83. The van der Waals surface area contributed by atoms with E-state index in [0.717, 1.165) is 5.75 Å². The molecule has 0 aliphatic carbocycles. The number of carboxylic acids is 1. The van der Waals surface area contributed by atoms with Gasteiger partial charge in [0.1, 0.15) is 16.9 Å². The van der Waals surface area contributed by atoms with Crippen molar-refractivity contribution in [2.24, 2.45) is 0 Å². The molecule has 1 atom stereocenters. The SMILES string of the molecule is CCOc1ccc(OCC(=O)NCC(C)(C(=O)O)c2ccccc2)cc1. The average molecular weight is 357 g/mol. The van der Waals surface area contributed by atoms with Crippen LogP contribution in [0.15, 0.2) is 54.6 Å². The lowest BCUT2D eigenvalue weighted by molar-refractivity contribution is -0.143. The zero-order chi connectivity index (χ0) is 19.0. The first kappa shape index (κ1) is 19.3. The van der Waals surface area contributed by atoms with Gasteiger partial charge >= 0.3 is 5.97 Å². The Morgan fingerprint density at radius 1 is 1.00 bits per heavy atom. The van der Waals surface area contributed by atoms with Crippen molar-refractivity contribution in [1.29, 1.82) is 0 Å². The first-order valence-corrected chi connectivity index (χ1v) is 8.37. The Labute approximate surface area is 152 Å². The third-order valence-corrected chi connectivity index (χ3v) is 4.03. The summed E-state index contributed by atoms with van der Waals surface area (Å²) in [5, 5.41) is 12.2. The third kappa shape index (κ3) is 4.99. The number of hydrogen-bond acceptors (Lipinski definition) is 4. The molecule has 1 unspecified atom stereocenters. The van der Waals surface area contributed by atoms with Crippen molar-refractivity contribution in [3.05, 3.63) is 60.2 Å². The Kier molecular flexibility index (Phi) is 6.60. The van der Waals surface area contributed by atoms with Crippen LogP contribution in [0.3, 0.4) is 0 Å². The van der Waals surface area contributed by atoms with E-state index in [2.05, 4.69) is 5.32 Å². The van der Waals surface area contributed by atoms with Crippen LogP contribution in [0.4, 0.5) is 0 Å². The number of carbonyl (C=O) groups excluding carboxylic acids is 1. The average Bonchev–Trinajstić information content (AvgIpc) is 2.66. The molecular formula is C20H23NO5. The molecule has 2 aromatic carbocycles. The quantitative estimate of drug-likeness (QED) is 0.721. The Balaban J connectivity index is 1.89. The lowest BCUT2D eigenvalue weighted by Crippen LogP contribution is -2.45. The molecule has 138 valence electrons. The molecule has 1 amide bonds.